The maximum Gasteiger partial charge on any atom is 0.472 e. The molecule has 0 aromatic heterocycles. The number of phosphoric acid groups is 1. The van der Waals surface area contributed by atoms with Crippen molar-refractivity contribution in [2.45, 2.75) is 147 Å². The number of allylic oxidation sites excluding steroid dienone is 15. The van der Waals surface area contributed by atoms with Crippen molar-refractivity contribution < 1.29 is 62.5 Å². The molecular weight excluding hydrogens is 829 g/mol. The molecular formula is C48H74NO13P. The molecule has 0 saturated heterocycles. The molecule has 0 spiro atoms. The molecule has 1 aliphatic carbocycles. The van der Waals surface area contributed by atoms with E-state index in [0.29, 0.717) is 38.5 Å². The summed E-state index contributed by atoms with van der Waals surface area (Å²) in [6, 6.07) is -1.58. The van der Waals surface area contributed by atoms with Crippen LogP contribution in [0.15, 0.2) is 97.2 Å². The fourth-order valence-corrected chi connectivity index (χ4v) is 6.91. The summed E-state index contributed by atoms with van der Waals surface area (Å²) < 4.78 is 32.6. The first-order valence-electron chi connectivity index (χ1n) is 22.4. The Morgan fingerprint density at radius 2 is 1.33 bits per heavy atom. The number of carbonyl (C=O) groups is 4. The van der Waals surface area contributed by atoms with Gasteiger partial charge in [-0.05, 0) is 70.6 Å². The molecule has 0 radical (unpaired) electrons. The molecule has 1 rings (SSSR count). The van der Waals surface area contributed by atoms with E-state index in [1.54, 1.807) is 12.2 Å². The van der Waals surface area contributed by atoms with E-state index in [1.807, 2.05) is 30.4 Å². The number of rotatable bonds is 36. The molecule has 1 aliphatic rings. The number of hydrogen-bond donors (Lipinski definition) is 5. The Bertz CT molecular complexity index is 1600. The number of hydrogen-bond acceptors (Lipinski definition) is 12. The van der Waals surface area contributed by atoms with Gasteiger partial charge in [0.25, 0.3) is 0 Å². The Morgan fingerprint density at radius 1 is 0.762 bits per heavy atom. The van der Waals surface area contributed by atoms with Gasteiger partial charge in [-0.25, -0.2) is 4.57 Å². The molecule has 0 aromatic carbocycles. The van der Waals surface area contributed by atoms with Crippen LogP contribution >= 0.6 is 7.82 Å². The maximum atomic E-state index is 12.7. The van der Waals surface area contributed by atoms with Crippen LogP contribution in [0.4, 0.5) is 0 Å². The fraction of sp³-hybridized carbons (Fsp3) is 0.583. The number of ether oxygens (including phenoxy) is 2. The summed E-state index contributed by atoms with van der Waals surface area (Å²) in [5.41, 5.74) is 5.32. The smallest absolute Gasteiger partial charge is 0.472 e. The van der Waals surface area contributed by atoms with Crippen LogP contribution in [-0.4, -0.2) is 88.1 Å². The van der Waals surface area contributed by atoms with E-state index >= 15 is 0 Å². The number of aliphatic hydroxyl groups excluding tert-OH is 2. The summed E-state index contributed by atoms with van der Waals surface area (Å²) in [6.07, 6.45) is 40.0. The Labute approximate surface area is 375 Å². The summed E-state index contributed by atoms with van der Waals surface area (Å²) >= 11 is 0. The molecule has 0 heterocycles. The Hall–Kier alpha value is -4.01. The Balaban J connectivity index is 2.56. The van der Waals surface area contributed by atoms with Gasteiger partial charge in [0.1, 0.15) is 18.4 Å². The molecule has 0 bridgehead atoms. The second kappa shape index (κ2) is 36.3. The highest BCUT2D eigenvalue weighted by Gasteiger charge is 2.39. The van der Waals surface area contributed by atoms with E-state index in [0.717, 1.165) is 51.4 Å². The van der Waals surface area contributed by atoms with Crippen LogP contribution < -0.4 is 5.73 Å². The minimum atomic E-state index is -4.82. The quantitative estimate of drug-likeness (QED) is 0.0172. The van der Waals surface area contributed by atoms with Crippen LogP contribution in [-0.2, 0) is 42.3 Å². The van der Waals surface area contributed by atoms with Crippen molar-refractivity contribution in [1.29, 1.82) is 0 Å². The van der Waals surface area contributed by atoms with E-state index in [4.69, 9.17) is 24.8 Å². The third-order valence-corrected chi connectivity index (χ3v) is 10.7. The van der Waals surface area contributed by atoms with Gasteiger partial charge in [-0.1, -0.05) is 130 Å². The summed E-state index contributed by atoms with van der Waals surface area (Å²) in [6.45, 7) is 2.21. The van der Waals surface area contributed by atoms with Crippen molar-refractivity contribution in [3.05, 3.63) is 97.2 Å². The van der Waals surface area contributed by atoms with Gasteiger partial charge in [0.15, 0.2) is 6.10 Å². The number of ketones is 1. The summed E-state index contributed by atoms with van der Waals surface area (Å²) in [4.78, 5) is 58.7. The normalized spacial score (nSPS) is 19.8. The van der Waals surface area contributed by atoms with E-state index < -0.39 is 75.8 Å². The molecule has 7 atom stereocenters. The minimum absolute atomic E-state index is 0.0365. The Kier molecular flexibility index (Phi) is 32.9. The third-order valence-electron chi connectivity index (χ3n) is 9.71. The highest BCUT2D eigenvalue weighted by atomic mass is 31.2. The number of aliphatic hydroxyl groups is 2. The van der Waals surface area contributed by atoms with Crippen molar-refractivity contribution >= 4 is 31.5 Å². The largest absolute Gasteiger partial charge is 0.480 e. The first-order valence-corrected chi connectivity index (χ1v) is 23.9. The number of nitrogens with two attached hydrogens (primary N) is 1. The van der Waals surface area contributed by atoms with Crippen LogP contribution in [0.5, 0.6) is 0 Å². The number of carbonyl (C=O) groups excluding carboxylic acids is 3. The van der Waals surface area contributed by atoms with Crippen LogP contribution in [0, 0.1) is 11.8 Å². The van der Waals surface area contributed by atoms with Crippen LogP contribution in [0.3, 0.4) is 0 Å². The minimum Gasteiger partial charge on any atom is -0.480 e. The second-order valence-electron chi connectivity index (χ2n) is 15.2. The molecule has 354 valence electrons. The van der Waals surface area contributed by atoms with Crippen molar-refractivity contribution in [2.75, 3.05) is 19.8 Å². The maximum absolute atomic E-state index is 12.7. The van der Waals surface area contributed by atoms with E-state index in [1.165, 1.54) is 0 Å². The van der Waals surface area contributed by atoms with Gasteiger partial charge in [0.2, 0.25) is 0 Å². The Morgan fingerprint density at radius 3 is 1.92 bits per heavy atom. The highest BCUT2D eigenvalue weighted by molar-refractivity contribution is 7.47. The molecule has 0 amide bonds. The highest BCUT2D eigenvalue weighted by Crippen LogP contribution is 2.43. The van der Waals surface area contributed by atoms with Crippen LogP contribution in [0.2, 0.25) is 0 Å². The molecule has 1 unspecified atom stereocenters. The number of unbranched alkanes of at least 4 members (excludes halogenated alkanes) is 3. The molecule has 63 heavy (non-hydrogen) atoms. The molecule has 14 nitrogen and oxygen atoms in total. The van der Waals surface area contributed by atoms with Crippen molar-refractivity contribution in [1.82, 2.24) is 0 Å². The van der Waals surface area contributed by atoms with E-state index in [-0.39, 0.29) is 31.0 Å². The average molecular weight is 904 g/mol. The average Bonchev–Trinajstić information content (AvgIpc) is 3.52. The second-order valence-corrected chi connectivity index (χ2v) is 16.7. The molecule has 1 saturated carbocycles. The van der Waals surface area contributed by atoms with E-state index in [2.05, 4.69) is 73.1 Å². The predicted octanol–water partition coefficient (Wildman–Crippen LogP) is 8.64. The monoisotopic (exact) mass is 903 g/mol. The zero-order valence-electron chi connectivity index (χ0n) is 37.3. The van der Waals surface area contributed by atoms with E-state index in [9.17, 15) is 38.8 Å². The lowest BCUT2D eigenvalue weighted by atomic mass is 9.90. The van der Waals surface area contributed by atoms with Gasteiger partial charge < -0.3 is 35.4 Å². The zero-order valence-corrected chi connectivity index (χ0v) is 38.2. The lowest BCUT2D eigenvalue weighted by molar-refractivity contribution is -0.161. The molecule has 6 N–H and O–H groups in total. The van der Waals surface area contributed by atoms with Crippen LogP contribution in [0.25, 0.3) is 0 Å². The fourth-order valence-electron chi connectivity index (χ4n) is 6.13. The number of carboxylic acids is 1. The number of Topliss-reactive ketones (excluding diaryl/α,β-unsaturated/α-hetero) is 1. The number of aliphatic carboxylic acids is 1. The standard InChI is InChI=1S/C48H74NO13P/c1-3-5-7-8-9-10-11-12-13-14-15-16-17-18-19-20-21-22-27-31-46(53)59-36-40(37-60-63(57,58)61-38-43(49)48(55)56)62-47(54)32-28-24-23-26-30-41-42(45(52)35-44(41)51)34-33-39(50)29-25-6-4-2/h5,7,9-10,12-13,15-16,18-19,21-23,26,33-34,39-44,50-51H,3-4,6,8,11,14,17,20,24-25,27-32,35-38,49H2,1-2H3,(H,55,56)(H,57,58)/b7-5-,10-9-,13-12-,16-15-,19-18-,22-21-,26-23-,34-33+/t39-,40+,41+,42+,43-,44-/m0/s1. The van der Waals surface area contributed by atoms with Gasteiger partial charge >= 0.3 is 25.7 Å². The number of esters is 2. The number of carboxylic acid groups (broad SMARTS) is 1. The molecule has 1 fully saturated rings. The van der Waals surface area contributed by atoms with Gasteiger partial charge in [-0.15, -0.1) is 0 Å². The van der Waals surface area contributed by atoms with Gasteiger partial charge in [-0.3, -0.25) is 28.2 Å². The zero-order chi connectivity index (χ0) is 46.6. The number of phosphoric ester groups is 1. The third kappa shape index (κ3) is 30.7. The summed E-state index contributed by atoms with van der Waals surface area (Å²) in [5, 5.41) is 29.6. The van der Waals surface area contributed by atoms with Gasteiger partial charge in [0, 0.05) is 31.1 Å². The van der Waals surface area contributed by atoms with Crippen molar-refractivity contribution in [2.24, 2.45) is 17.6 Å². The topological polar surface area (TPSA) is 229 Å². The predicted molar refractivity (Wildman–Crippen MR) is 245 cm³/mol. The van der Waals surface area contributed by atoms with Gasteiger partial charge in [0.05, 0.1) is 25.4 Å². The van der Waals surface area contributed by atoms with Crippen molar-refractivity contribution in [3.8, 4) is 0 Å². The summed E-state index contributed by atoms with van der Waals surface area (Å²) in [5.74, 6) is -3.61. The summed E-state index contributed by atoms with van der Waals surface area (Å²) in [7, 11) is -4.82. The lowest BCUT2D eigenvalue weighted by Crippen LogP contribution is -2.34. The first kappa shape index (κ1) is 57.0. The van der Waals surface area contributed by atoms with Crippen LogP contribution in [0.1, 0.15) is 123 Å². The molecule has 15 heteroatoms. The molecule has 0 aliphatic heterocycles. The van der Waals surface area contributed by atoms with Gasteiger partial charge in [-0.2, -0.15) is 0 Å². The molecule has 0 aromatic rings. The lowest BCUT2D eigenvalue weighted by Gasteiger charge is -2.20. The first-order chi connectivity index (χ1) is 30.3. The SMILES string of the molecule is CC/C=C\C/C=C\C/C=C\C/C=C\C/C=C\C/C=C\CCC(=O)OC[C@H](COP(=O)(O)OC[C@H](N)C(=O)O)OC(=O)CCC/C=C\C[C@H]1[C@@H](O)CC(=O)[C@@H]1/C=C/[C@@H](O)CCCCC. The van der Waals surface area contributed by atoms with Crippen molar-refractivity contribution in [3.63, 3.8) is 0 Å².